The van der Waals surface area contributed by atoms with Crippen LogP contribution in [0.15, 0.2) is 18.2 Å². The van der Waals surface area contributed by atoms with Gasteiger partial charge in [-0.15, -0.1) is 0 Å². The van der Waals surface area contributed by atoms with Crippen LogP contribution in [-0.2, 0) is 16.1 Å². The van der Waals surface area contributed by atoms with Gasteiger partial charge < -0.3 is 20.1 Å². The maximum absolute atomic E-state index is 11.4. The van der Waals surface area contributed by atoms with Crippen molar-refractivity contribution in [3.05, 3.63) is 23.8 Å². The fourth-order valence-electron chi connectivity index (χ4n) is 1.62. The van der Waals surface area contributed by atoms with E-state index in [1.165, 1.54) is 7.11 Å². The first kappa shape index (κ1) is 12.2. The number of carbonyl (C=O) groups is 2. The van der Waals surface area contributed by atoms with Crippen molar-refractivity contribution in [3.8, 4) is 5.75 Å². The number of alkyl carbamates (subject to hydrolysis) is 1. The Labute approximate surface area is 104 Å². The molecule has 1 heterocycles. The van der Waals surface area contributed by atoms with Crippen molar-refractivity contribution in [1.82, 2.24) is 5.32 Å². The Kier molecular flexibility index (Phi) is 3.66. The van der Waals surface area contributed by atoms with Crippen molar-refractivity contribution in [1.29, 1.82) is 0 Å². The van der Waals surface area contributed by atoms with Gasteiger partial charge in [0.15, 0.2) is 0 Å². The molecule has 6 nitrogen and oxygen atoms in total. The highest BCUT2D eigenvalue weighted by Crippen LogP contribution is 2.27. The number of rotatable bonds is 2. The van der Waals surface area contributed by atoms with Gasteiger partial charge in [0.05, 0.1) is 25.8 Å². The number of hydrogen-bond donors (Lipinski definition) is 2. The lowest BCUT2D eigenvalue weighted by molar-refractivity contribution is -0.116. The molecule has 0 atom stereocenters. The van der Waals surface area contributed by atoms with Crippen LogP contribution < -0.4 is 15.4 Å². The van der Waals surface area contributed by atoms with Crippen molar-refractivity contribution >= 4 is 17.7 Å². The average Bonchev–Trinajstić information content (AvgIpc) is 2.55. The molecule has 2 rings (SSSR count). The largest absolute Gasteiger partial charge is 0.491 e. The van der Waals surface area contributed by atoms with E-state index in [2.05, 4.69) is 15.4 Å². The van der Waals surface area contributed by atoms with E-state index < -0.39 is 6.09 Å². The van der Waals surface area contributed by atoms with E-state index in [1.807, 2.05) is 6.07 Å². The third-order valence-corrected chi connectivity index (χ3v) is 2.53. The molecular weight excluding hydrogens is 236 g/mol. The predicted octanol–water partition coefficient (Wildman–Crippen LogP) is 1.26. The van der Waals surface area contributed by atoms with Crippen LogP contribution in [-0.4, -0.2) is 25.7 Å². The number of nitrogens with one attached hydrogen (secondary N) is 2. The molecule has 0 fully saturated rings. The van der Waals surface area contributed by atoms with E-state index in [1.54, 1.807) is 12.1 Å². The van der Waals surface area contributed by atoms with Gasteiger partial charge in [-0.3, -0.25) is 4.79 Å². The highest BCUT2D eigenvalue weighted by atomic mass is 16.5. The number of ether oxygens (including phenoxy) is 2. The molecule has 0 aliphatic carbocycles. The molecule has 18 heavy (non-hydrogen) atoms. The average molecular weight is 250 g/mol. The minimum absolute atomic E-state index is 0.0770. The Morgan fingerprint density at radius 3 is 3.17 bits per heavy atom. The van der Waals surface area contributed by atoms with Gasteiger partial charge in [0.2, 0.25) is 5.91 Å². The number of methoxy groups -OCH3 is 1. The zero-order chi connectivity index (χ0) is 13.0. The monoisotopic (exact) mass is 250 g/mol. The Bertz CT molecular complexity index is 473. The Morgan fingerprint density at radius 2 is 2.39 bits per heavy atom. The second kappa shape index (κ2) is 5.39. The van der Waals surface area contributed by atoms with E-state index in [-0.39, 0.29) is 5.91 Å². The Balaban J connectivity index is 2.10. The highest BCUT2D eigenvalue weighted by molar-refractivity contribution is 5.93. The molecule has 0 aromatic heterocycles. The number of hydrogen-bond acceptors (Lipinski definition) is 4. The molecule has 2 amide bonds. The standard InChI is InChI=1S/C12H14N2O4/c1-17-12(16)13-7-8-2-3-10-9(6-8)14-11(15)4-5-18-10/h2-3,6H,4-5,7H2,1H3,(H,13,16)(H,14,15). The van der Waals surface area contributed by atoms with E-state index in [4.69, 9.17) is 4.74 Å². The zero-order valence-electron chi connectivity index (χ0n) is 9.99. The molecular formula is C12H14N2O4. The summed E-state index contributed by atoms with van der Waals surface area (Å²) in [7, 11) is 1.31. The van der Waals surface area contributed by atoms with Crippen LogP contribution in [0.1, 0.15) is 12.0 Å². The number of fused-ring (bicyclic) bond motifs is 1. The second-order valence-electron chi connectivity index (χ2n) is 3.82. The van der Waals surface area contributed by atoms with Crippen molar-refractivity contribution in [2.45, 2.75) is 13.0 Å². The molecule has 1 aromatic carbocycles. The van der Waals surface area contributed by atoms with E-state index in [9.17, 15) is 9.59 Å². The molecule has 6 heteroatoms. The molecule has 1 aliphatic heterocycles. The molecule has 0 saturated carbocycles. The second-order valence-corrected chi connectivity index (χ2v) is 3.82. The summed E-state index contributed by atoms with van der Waals surface area (Å²) >= 11 is 0. The van der Waals surface area contributed by atoms with Crippen molar-refractivity contribution in [2.24, 2.45) is 0 Å². The summed E-state index contributed by atoms with van der Waals surface area (Å²) in [5.41, 5.74) is 1.48. The van der Waals surface area contributed by atoms with Crippen LogP contribution in [0.25, 0.3) is 0 Å². The maximum atomic E-state index is 11.4. The molecule has 0 saturated heterocycles. The molecule has 0 bridgehead atoms. The van der Waals surface area contributed by atoms with Gasteiger partial charge in [0, 0.05) is 6.54 Å². The maximum Gasteiger partial charge on any atom is 0.407 e. The molecule has 1 aliphatic rings. The van der Waals surface area contributed by atoms with Gasteiger partial charge in [0.1, 0.15) is 5.75 Å². The lowest BCUT2D eigenvalue weighted by Gasteiger charge is -2.09. The van der Waals surface area contributed by atoms with E-state index >= 15 is 0 Å². The predicted molar refractivity (Wildman–Crippen MR) is 64.4 cm³/mol. The molecule has 0 radical (unpaired) electrons. The highest BCUT2D eigenvalue weighted by Gasteiger charge is 2.14. The normalized spacial score (nSPS) is 13.7. The quantitative estimate of drug-likeness (QED) is 0.828. The topological polar surface area (TPSA) is 76.7 Å². The summed E-state index contributed by atoms with van der Waals surface area (Å²) in [6, 6.07) is 5.37. The molecule has 0 unspecified atom stereocenters. The summed E-state index contributed by atoms with van der Waals surface area (Å²) in [4.78, 5) is 22.3. The van der Waals surface area contributed by atoms with Crippen LogP contribution in [0.2, 0.25) is 0 Å². The van der Waals surface area contributed by atoms with Crippen molar-refractivity contribution in [2.75, 3.05) is 19.0 Å². The number of carbonyl (C=O) groups excluding carboxylic acids is 2. The van der Waals surface area contributed by atoms with Crippen LogP contribution in [0, 0.1) is 0 Å². The van der Waals surface area contributed by atoms with Gasteiger partial charge in [-0.1, -0.05) is 6.07 Å². The van der Waals surface area contributed by atoms with Crippen LogP contribution >= 0.6 is 0 Å². The summed E-state index contributed by atoms with van der Waals surface area (Å²) < 4.78 is 9.90. The van der Waals surface area contributed by atoms with Gasteiger partial charge in [-0.05, 0) is 17.7 Å². The summed E-state index contributed by atoms with van der Waals surface area (Å²) in [5.74, 6) is 0.564. The molecule has 96 valence electrons. The third-order valence-electron chi connectivity index (χ3n) is 2.53. The summed E-state index contributed by atoms with van der Waals surface area (Å²) in [6.07, 6.45) is -0.157. The summed E-state index contributed by atoms with van der Waals surface area (Å²) in [6.45, 7) is 0.703. The van der Waals surface area contributed by atoms with Crippen LogP contribution in [0.4, 0.5) is 10.5 Å². The lowest BCUT2D eigenvalue weighted by atomic mass is 10.2. The first-order valence-electron chi connectivity index (χ1n) is 5.56. The number of amides is 2. The number of benzene rings is 1. The van der Waals surface area contributed by atoms with Gasteiger partial charge in [-0.2, -0.15) is 0 Å². The first-order valence-corrected chi connectivity index (χ1v) is 5.56. The fraction of sp³-hybridized carbons (Fsp3) is 0.333. The fourth-order valence-corrected chi connectivity index (χ4v) is 1.62. The number of anilines is 1. The summed E-state index contributed by atoms with van der Waals surface area (Å²) in [5, 5.41) is 5.32. The Morgan fingerprint density at radius 1 is 1.56 bits per heavy atom. The zero-order valence-corrected chi connectivity index (χ0v) is 9.99. The Hall–Kier alpha value is -2.24. The molecule has 1 aromatic rings. The van der Waals surface area contributed by atoms with Gasteiger partial charge >= 0.3 is 6.09 Å². The molecule has 2 N–H and O–H groups in total. The minimum atomic E-state index is -0.495. The van der Waals surface area contributed by atoms with E-state index in [0.29, 0.717) is 31.0 Å². The SMILES string of the molecule is COC(=O)NCc1ccc2c(c1)NC(=O)CCO2. The van der Waals surface area contributed by atoms with Crippen molar-refractivity contribution < 1.29 is 19.1 Å². The van der Waals surface area contributed by atoms with Crippen LogP contribution in [0.3, 0.4) is 0 Å². The lowest BCUT2D eigenvalue weighted by Crippen LogP contribution is -2.22. The van der Waals surface area contributed by atoms with Crippen molar-refractivity contribution in [3.63, 3.8) is 0 Å². The van der Waals surface area contributed by atoms with Crippen LogP contribution in [0.5, 0.6) is 5.75 Å². The van der Waals surface area contributed by atoms with Gasteiger partial charge in [-0.25, -0.2) is 4.79 Å². The van der Waals surface area contributed by atoms with E-state index in [0.717, 1.165) is 5.56 Å². The first-order chi connectivity index (χ1) is 8.69. The third kappa shape index (κ3) is 2.91. The smallest absolute Gasteiger partial charge is 0.407 e. The minimum Gasteiger partial charge on any atom is -0.491 e. The molecule has 0 spiro atoms. The van der Waals surface area contributed by atoms with Gasteiger partial charge in [0.25, 0.3) is 0 Å².